The molecule has 1 unspecified atom stereocenters. The average Bonchev–Trinajstić information content (AvgIpc) is 2.29. The molecule has 2 rings (SSSR count). The summed E-state index contributed by atoms with van der Waals surface area (Å²) in [5, 5.41) is 3.47. The zero-order valence-electron chi connectivity index (χ0n) is 10.1. The molecule has 1 N–H and O–H groups in total. The van der Waals surface area contributed by atoms with Crippen LogP contribution in [0, 0.1) is 19.8 Å². The number of nitrogens with zero attached hydrogens (tertiary/aromatic N) is 1. The standard InChI is InChI=1S/C13H20N2O/c1-10-5-6-13(11(2)15-10)14-8-12-4-3-7-16-9-12/h5-6,12,14H,3-4,7-9H2,1-2H3. The molecule has 0 bridgehead atoms. The zero-order valence-corrected chi connectivity index (χ0v) is 10.1. The van der Waals surface area contributed by atoms with Crippen molar-refractivity contribution in [3.8, 4) is 0 Å². The highest BCUT2D eigenvalue weighted by Gasteiger charge is 2.13. The van der Waals surface area contributed by atoms with Crippen molar-refractivity contribution in [2.24, 2.45) is 5.92 Å². The van der Waals surface area contributed by atoms with Gasteiger partial charge in [0.2, 0.25) is 0 Å². The first kappa shape index (κ1) is 11.4. The molecule has 0 spiro atoms. The van der Waals surface area contributed by atoms with Crippen LogP contribution in [0.2, 0.25) is 0 Å². The molecule has 1 fully saturated rings. The Morgan fingerprint density at radius 1 is 1.44 bits per heavy atom. The maximum absolute atomic E-state index is 5.46. The first-order valence-corrected chi connectivity index (χ1v) is 6.01. The predicted octanol–water partition coefficient (Wildman–Crippen LogP) is 2.54. The van der Waals surface area contributed by atoms with Crippen LogP contribution in [0.3, 0.4) is 0 Å². The van der Waals surface area contributed by atoms with Crippen LogP contribution in [-0.4, -0.2) is 24.7 Å². The number of hydrogen-bond acceptors (Lipinski definition) is 3. The van der Waals surface area contributed by atoms with Crippen LogP contribution in [-0.2, 0) is 4.74 Å². The van der Waals surface area contributed by atoms with E-state index in [1.54, 1.807) is 0 Å². The topological polar surface area (TPSA) is 34.1 Å². The Morgan fingerprint density at radius 3 is 3.00 bits per heavy atom. The summed E-state index contributed by atoms with van der Waals surface area (Å²) in [6.07, 6.45) is 2.46. The molecule has 0 amide bonds. The first-order valence-electron chi connectivity index (χ1n) is 6.01. The molecule has 88 valence electrons. The van der Waals surface area contributed by atoms with Gasteiger partial charge < -0.3 is 10.1 Å². The van der Waals surface area contributed by atoms with Crippen LogP contribution >= 0.6 is 0 Å². The molecule has 1 aliphatic heterocycles. The summed E-state index contributed by atoms with van der Waals surface area (Å²) in [5.74, 6) is 0.648. The van der Waals surface area contributed by atoms with E-state index in [1.807, 2.05) is 19.9 Å². The number of aryl methyl sites for hydroxylation is 2. The highest BCUT2D eigenvalue weighted by atomic mass is 16.5. The first-order chi connectivity index (χ1) is 7.75. The van der Waals surface area contributed by atoms with Crippen molar-refractivity contribution in [1.29, 1.82) is 0 Å². The Labute approximate surface area is 97.2 Å². The van der Waals surface area contributed by atoms with E-state index in [4.69, 9.17) is 4.74 Å². The lowest BCUT2D eigenvalue weighted by atomic mass is 10.0. The second-order valence-electron chi connectivity index (χ2n) is 4.55. The third-order valence-corrected chi connectivity index (χ3v) is 3.06. The van der Waals surface area contributed by atoms with Crippen molar-refractivity contribution in [3.63, 3.8) is 0 Å². The van der Waals surface area contributed by atoms with E-state index in [0.29, 0.717) is 5.92 Å². The molecule has 1 atom stereocenters. The molecule has 1 aliphatic rings. The molecule has 0 radical (unpaired) electrons. The molecular weight excluding hydrogens is 200 g/mol. The number of rotatable bonds is 3. The molecule has 1 aromatic heterocycles. The Balaban J connectivity index is 1.88. The third-order valence-electron chi connectivity index (χ3n) is 3.06. The number of hydrogen-bond donors (Lipinski definition) is 1. The molecule has 2 heterocycles. The van der Waals surface area contributed by atoms with Crippen molar-refractivity contribution >= 4 is 5.69 Å². The Morgan fingerprint density at radius 2 is 2.31 bits per heavy atom. The monoisotopic (exact) mass is 220 g/mol. The van der Waals surface area contributed by atoms with Crippen molar-refractivity contribution in [2.75, 3.05) is 25.1 Å². The second-order valence-corrected chi connectivity index (χ2v) is 4.55. The van der Waals surface area contributed by atoms with E-state index in [-0.39, 0.29) is 0 Å². The van der Waals surface area contributed by atoms with Crippen LogP contribution in [0.15, 0.2) is 12.1 Å². The average molecular weight is 220 g/mol. The summed E-state index contributed by atoms with van der Waals surface area (Å²) < 4.78 is 5.46. The van der Waals surface area contributed by atoms with Gasteiger partial charge in [-0.25, -0.2) is 0 Å². The number of pyridine rings is 1. The number of aromatic nitrogens is 1. The van der Waals surface area contributed by atoms with Crippen molar-refractivity contribution in [1.82, 2.24) is 4.98 Å². The minimum absolute atomic E-state index is 0.648. The van der Waals surface area contributed by atoms with E-state index in [0.717, 1.165) is 36.8 Å². The largest absolute Gasteiger partial charge is 0.383 e. The summed E-state index contributed by atoms with van der Waals surface area (Å²) >= 11 is 0. The Kier molecular flexibility index (Phi) is 3.78. The summed E-state index contributed by atoms with van der Waals surface area (Å²) in [6, 6.07) is 4.16. The maximum atomic E-state index is 5.46. The Bertz CT molecular complexity index is 346. The van der Waals surface area contributed by atoms with Gasteiger partial charge in [-0.1, -0.05) is 0 Å². The highest BCUT2D eigenvalue weighted by Crippen LogP contribution is 2.17. The van der Waals surface area contributed by atoms with Gasteiger partial charge in [0, 0.05) is 18.8 Å². The van der Waals surface area contributed by atoms with Crippen molar-refractivity contribution < 1.29 is 4.74 Å². The van der Waals surface area contributed by atoms with E-state index in [9.17, 15) is 0 Å². The summed E-state index contributed by atoms with van der Waals surface area (Å²) in [4.78, 5) is 4.44. The molecule has 1 saturated heterocycles. The maximum Gasteiger partial charge on any atom is 0.0606 e. The van der Waals surface area contributed by atoms with E-state index in [2.05, 4.69) is 16.4 Å². The fourth-order valence-corrected chi connectivity index (χ4v) is 2.10. The molecule has 0 aromatic carbocycles. The lowest BCUT2D eigenvalue weighted by Crippen LogP contribution is -2.24. The quantitative estimate of drug-likeness (QED) is 0.850. The number of anilines is 1. The lowest BCUT2D eigenvalue weighted by molar-refractivity contribution is 0.0595. The minimum Gasteiger partial charge on any atom is -0.383 e. The summed E-state index contributed by atoms with van der Waals surface area (Å²) in [7, 11) is 0. The normalized spacial score (nSPS) is 20.8. The van der Waals surface area contributed by atoms with Gasteiger partial charge in [0.25, 0.3) is 0 Å². The number of nitrogens with one attached hydrogen (secondary N) is 1. The van der Waals surface area contributed by atoms with Gasteiger partial charge in [-0.3, -0.25) is 4.98 Å². The van der Waals surface area contributed by atoms with Crippen molar-refractivity contribution in [2.45, 2.75) is 26.7 Å². The predicted molar refractivity (Wildman–Crippen MR) is 65.7 cm³/mol. The van der Waals surface area contributed by atoms with Crippen molar-refractivity contribution in [3.05, 3.63) is 23.5 Å². The van der Waals surface area contributed by atoms with Gasteiger partial charge in [0.1, 0.15) is 0 Å². The molecule has 1 aromatic rings. The van der Waals surface area contributed by atoms with Gasteiger partial charge >= 0.3 is 0 Å². The molecule has 0 aliphatic carbocycles. The highest BCUT2D eigenvalue weighted by molar-refractivity contribution is 5.47. The number of ether oxygens (including phenoxy) is 1. The van der Waals surface area contributed by atoms with Gasteiger partial charge in [0.15, 0.2) is 0 Å². The van der Waals surface area contributed by atoms with Crippen LogP contribution in [0.25, 0.3) is 0 Å². The fourth-order valence-electron chi connectivity index (χ4n) is 2.10. The van der Waals surface area contributed by atoms with Crippen LogP contribution < -0.4 is 5.32 Å². The van der Waals surface area contributed by atoms with Gasteiger partial charge in [-0.15, -0.1) is 0 Å². The summed E-state index contributed by atoms with van der Waals surface area (Å²) in [5.41, 5.74) is 3.30. The van der Waals surface area contributed by atoms with E-state index in [1.165, 1.54) is 12.8 Å². The molecule has 3 nitrogen and oxygen atoms in total. The van der Waals surface area contributed by atoms with Crippen LogP contribution in [0.4, 0.5) is 5.69 Å². The zero-order chi connectivity index (χ0) is 11.4. The lowest BCUT2D eigenvalue weighted by Gasteiger charge is -2.23. The fraction of sp³-hybridized carbons (Fsp3) is 0.615. The Hall–Kier alpha value is -1.09. The van der Waals surface area contributed by atoms with Gasteiger partial charge in [-0.05, 0) is 44.7 Å². The molecule has 3 heteroatoms. The third kappa shape index (κ3) is 2.95. The minimum atomic E-state index is 0.648. The molecule has 0 saturated carbocycles. The molecular formula is C13H20N2O. The van der Waals surface area contributed by atoms with Gasteiger partial charge in [0.05, 0.1) is 18.0 Å². The SMILES string of the molecule is Cc1ccc(NCC2CCCOC2)c(C)n1. The molecule has 16 heavy (non-hydrogen) atoms. The van der Waals surface area contributed by atoms with Crippen LogP contribution in [0.5, 0.6) is 0 Å². The summed E-state index contributed by atoms with van der Waals surface area (Å²) in [6.45, 7) is 6.89. The van der Waals surface area contributed by atoms with Crippen LogP contribution in [0.1, 0.15) is 24.2 Å². The van der Waals surface area contributed by atoms with E-state index < -0.39 is 0 Å². The smallest absolute Gasteiger partial charge is 0.0606 e. The van der Waals surface area contributed by atoms with Gasteiger partial charge in [-0.2, -0.15) is 0 Å². The van der Waals surface area contributed by atoms with E-state index >= 15 is 0 Å². The second kappa shape index (κ2) is 5.30.